The average Bonchev–Trinajstić information content (AvgIpc) is 2.75. The van der Waals surface area contributed by atoms with Gasteiger partial charge in [-0.2, -0.15) is 8.78 Å². The number of halogens is 2. The van der Waals surface area contributed by atoms with Gasteiger partial charge in [0.15, 0.2) is 5.78 Å². The Kier molecular flexibility index (Phi) is 3.69. The second-order valence-corrected chi connectivity index (χ2v) is 4.25. The Hall–Kier alpha value is -1.78. The number of hydrogen-bond acceptors (Lipinski definition) is 3. The fourth-order valence-electron chi connectivity index (χ4n) is 2.07. The molecular formula is C13H12F2O3. The van der Waals surface area contributed by atoms with Gasteiger partial charge in [0.25, 0.3) is 0 Å². The zero-order chi connectivity index (χ0) is 13.1. The Morgan fingerprint density at radius 3 is 2.44 bits per heavy atom. The molecule has 0 spiro atoms. The number of carbonyl (C=O) groups excluding carboxylic acids is 2. The first-order chi connectivity index (χ1) is 8.56. The molecule has 3 nitrogen and oxygen atoms in total. The van der Waals surface area contributed by atoms with Crippen LogP contribution in [0.5, 0.6) is 5.75 Å². The third-order valence-corrected chi connectivity index (χ3v) is 2.98. The van der Waals surface area contributed by atoms with Crippen LogP contribution in [-0.4, -0.2) is 18.2 Å². The second-order valence-electron chi connectivity index (χ2n) is 4.25. The van der Waals surface area contributed by atoms with Gasteiger partial charge in [-0.25, -0.2) is 0 Å². The maximum atomic E-state index is 12.0. The molecule has 18 heavy (non-hydrogen) atoms. The lowest BCUT2D eigenvalue weighted by Crippen LogP contribution is -2.11. The van der Waals surface area contributed by atoms with E-state index in [1.54, 1.807) is 0 Å². The number of Topliss-reactive ketones (excluding diaryl/α,β-unsaturated/α-hetero) is 2. The van der Waals surface area contributed by atoms with Crippen molar-refractivity contribution < 1.29 is 23.1 Å². The van der Waals surface area contributed by atoms with Gasteiger partial charge in [0.1, 0.15) is 11.5 Å². The zero-order valence-electron chi connectivity index (χ0n) is 9.57. The van der Waals surface area contributed by atoms with Crippen molar-refractivity contribution in [3.8, 4) is 5.75 Å². The van der Waals surface area contributed by atoms with Crippen molar-refractivity contribution in [2.45, 2.75) is 25.9 Å². The van der Waals surface area contributed by atoms with Gasteiger partial charge in [-0.15, -0.1) is 0 Å². The van der Waals surface area contributed by atoms with E-state index in [4.69, 9.17) is 0 Å². The number of hydrogen-bond donors (Lipinski definition) is 0. The number of carbonyl (C=O) groups is 2. The Balaban J connectivity index is 2.05. The summed E-state index contributed by atoms with van der Waals surface area (Å²) < 4.78 is 28.1. The molecule has 5 heteroatoms. The number of benzene rings is 1. The first-order valence-corrected chi connectivity index (χ1v) is 5.67. The lowest BCUT2D eigenvalue weighted by molar-refractivity contribution is -0.117. The van der Waals surface area contributed by atoms with Crippen LogP contribution in [0.4, 0.5) is 8.78 Å². The minimum Gasteiger partial charge on any atom is -0.435 e. The van der Waals surface area contributed by atoms with Crippen LogP contribution >= 0.6 is 0 Å². The van der Waals surface area contributed by atoms with Gasteiger partial charge in [0.2, 0.25) is 0 Å². The first-order valence-electron chi connectivity index (χ1n) is 5.67. The summed E-state index contributed by atoms with van der Waals surface area (Å²) in [5, 5.41) is 0. The van der Waals surface area contributed by atoms with E-state index in [-0.39, 0.29) is 29.7 Å². The third-order valence-electron chi connectivity index (χ3n) is 2.98. The summed E-state index contributed by atoms with van der Waals surface area (Å²) >= 11 is 0. The first kappa shape index (κ1) is 12.7. The molecular weight excluding hydrogens is 242 g/mol. The maximum absolute atomic E-state index is 12.0. The Labute approximate surface area is 103 Å². The second kappa shape index (κ2) is 5.25. The molecule has 1 saturated carbocycles. The third kappa shape index (κ3) is 2.91. The van der Waals surface area contributed by atoms with E-state index >= 15 is 0 Å². The van der Waals surface area contributed by atoms with E-state index in [2.05, 4.69) is 4.74 Å². The van der Waals surface area contributed by atoms with Gasteiger partial charge >= 0.3 is 6.61 Å². The molecule has 1 aromatic carbocycles. The van der Waals surface area contributed by atoms with Crippen LogP contribution in [0, 0.1) is 5.92 Å². The molecule has 1 fully saturated rings. The highest BCUT2D eigenvalue weighted by Crippen LogP contribution is 2.26. The molecule has 2 rings (SSSR count). The van der Waals surface area contributed by atoms with Crippen LogP contribution in [0.3, 0.4) is 0 Å². The van der Waals surface area contributed by atoms with Gasteiger partial charge in [-0.05, 0) is 30.7 Å². The van der Waals surface area contributed by atoms with Crippen LogP contribution in [0.25, 0.3) is 0 Å². The molecule has 1 aromatic rings. The summed E-state index contributed by atoms with van der Waals surface area (Å²) in [6.07, 6.45) is 1.31. The predicted octanol–water partition coefficient (Wildman–Crippen LogP) is 2.84. The van der Waals surface area contributed by atoms with E-state index in [1.807, 2.05) is 0 Å². The summed E-state index contributed by atoms with van der Waals surface area (Å²) in [6.45, 7) is -2.88. The molecule has 0 heterocycles. The summed E-state index contributed by atoms with van der Waals surface area (Å²) in [4.78, 5) is 23.1. The van der Waals surface area contributed by atoms with Crippen molar-refractivity contribution in [2.24, 2.45) is 5.92 Å². The van der Waals surface area contributed by atoms with E-state index in [0.29, 0.717) is 18.4 Å². The molecule has 0 aromatic heterocycles. The molecule has 1 atom stereocenters. The van der Waals surface area contributed by atoms with Crippen LogP contribution in [0.1, 0.15) is 29.6 Å². The van der Waals surface area contributed by atoms with Crippen LogP contribution < -0.4 is 4.74 Å². The topological polar surface area (TPSA) is 43.4 Å². The van der Waals surface area contributed by atoms with Crippen molar-refractivity contribution in [1.82, 2.24) is 0 Å². The Bertz CT molecular complexity index is 454. The SMILES string of the molecule is O=C1CCC(C(=O)c2ccc(OC(F)F)cc2)C1. The quantitative estimate of drug-likeness (QED) is 0.776. The molecule has 0 amide bonds. The molecule has 0 radical (unpaired) electrons. The number of alkyl halides is 2. The monoisotopic (exact) mass is 254 g/mol. The Morgan fingerprint density at radius 2 is 1.94 bits per heavy atom. The summed E-state index contributed by atoms with van der Waals surface area (Å²) in [5.41, 5.74) is 0.427. The largest absolute Gasteiger partial charge is 0.435 e. The lowest BCUT2D eigenvalue weighted by Gasteiger charge is -2.08. The number of ether oxygens (including phenoxy) is 1. The minimum atomic E-state index is -2.88. The maximum Gasteiger partial charge on any atom is 0.387 e. The fourth-order valence-corrected chi connectivity index (χ4v) is 2.07. The van der Waals surface area contributed by atoms with Gasteiger partial charge in [-0.3, -0.25) is 9.59 Å². The average molecular weight is 254 g/mol. The highest BCUT2D eigenvalue weighted by molar-refractivity contribution is 6.01. The molecule has 0 bridgehead atoms. The van der Waals surface area contributed by atoms with E-state index in [1.165, 1.54) is 24.3 Å². The standard InChI is InChI=1S/C13H12F2O3/c14-13(15)18-11-5-2-8(3-6-11)12(17)9-1-4-10(16)7-9/h2-3,5-6,9,13H,1,4,7H2. The number of rotatable bonds is 4. The van der Waals surface area contributed by atoms with Crippen molar-refractivity contribution in [1.29, 1.82) is 0 Å². The molecule has 1 aliphatic carbocycles. The van der Waals surface area contributed by atoms with E-state index < -0.39 is 6.61 Å². The van der Waals surface area contributed by atoms with E-state index in [0.717, 1.165) is 0 Å². The van der Waals surface area contributed by atoms with Crippen molar-refractivity contribution in [3.63, 3.8) is 0 Å². The molecule has 1 unspecified atom stereocenters. The van der Waals surface area contributed by atoms with Gasteiger partial charge < -0.3 is 4.74 Å². The lowest BCUT2D eigenvalue weighted by atomic mass is 9.96. The predicted molar refractivity (Wildman–Crippen MR) is 59.8 cm³/mol. The van der Waals surface area contributed by atoms with Crippen molar-refractivity contribution >= 4 is 11.6 Å². The highest BCUT2D eigenvalue weighted by Gasteiger charge is 2.28. The normalized spacial score (nSPS) is 19.3. The van der Waals surface area contributed by atoms with Crippen molar-refractivity contribution in [3.05, 3.63) is 29.8 Å². The van der Waals surface area contributed by atoms with Crippen LogP contribution in [0.15, 0.2) is 24.3 Å². The molecule has 1 aliphatic rings. The molecule has 0 N–H and O–H groups in total. The fraction of sp³-hybridized carbons (Fsp3) is 0.385. The number of ketones is 2. The molecule has 0 aliphatic heterocycles. The summed E-state index contributed by atoms with van der Waals surface area (Å²) in [5.74, 6) is -0.251. The van der Waals surface area contributed by atoms with Crippen LogP contribution in [-0.2, 0) is 4.79 Å². The highest BCUT2D eigenvalue weighted by atomic mass is 19.3. The zero-order valence-corrected chi connectivity index (χ0v) is 9.57. The smallest absolute Gasteiger partial charge is 0.387 e. The summed E-state index contributed by atoms with van der Waals surface area (Å²) in [7, 11) is 0. The van der Waals surface area contributed by atoms with E-state index in [9.17, 15) is 18.4 Å². The Morgan fingerprint density at radius 1 is 1.28 bits per heavy atom. The van der Waals surface area contributed by atoms with Crippen molar-refractivity contribution in [2.75, 3.05) is 0 Å². The minimum absolute atomic E-state index is 0.0176. The molecule has 0 saturated heterocycles. The summed E-state index contributed by atoms with van der Waals surface area (Å²) in [6, 6.07) is 5.55. The van der Waals surface area contributed by atoms with Gasteiger partial charge in [0.05, 0.1) is 0 Å². The van der Waals surface area contributed by atoms with Gasteiger partial charge in [-0.1, -0.05) is 0 Å². The van der Waals surface area contributed by atoms with Crippen LogP contribution in [0.2, 0.25) is 0 Å². The molecule has 96 valence electrons. The van der Waals surface area contributed by atoms with Gasteiger partial charge in [0, 0.05) is 24.3 Å².